The molecule has 2 amide bonds. The number of rotatable bonds is 6. The minimum atomic E-state index is -0.681. The van der Waals surface area contributed by atoms with Gasteiger partial charge in [0.2, 0.25) is 0 Å². The van der Waals surface area contributed by atoms with Gasteiger partial charge in [-0.05, 0) is 45.9 Å². The number of methoxy groups -OCH3 is 2. The third kappa shape index (κ3) is 4.20. The number of urea groups is 1. The van der Waals surface area contributed by atoms with E-state index in [-0.39, 0.29) is 11.8 Å². The van der Waals surface area contributed by atoms with Crippen LogP contribution in [0.15, 0.2) is 78.4 Å². The molecule has 3 aromatic carbocycles. The zero-order valence-corrected chi connectivity index (χ0v) is 19.7. The van der Waals surface area contributed by atoms with Gasteiger partial charge in [-0.1, -0.05) is 60.7 Å². The van der Waals surface area contributed by atoms with Crippen LogP contribution in [0.5, 0.6) is 11.5 Å². The van der Waals surface area contributed by atoms with Gasteiger partial charge in [-0.3, -0.25) is 4.79 Å². The standard InChI is InChI=1S/C25H21IN2O4/c1-31-19-14-17(13-18(26)24(19)32-2)22-20(23(29)16-11-7-4-8-12-16)21(27-25(30)28-22)15-9-5-3-6-10-15/h3-14,22H,1-2H3,(H2,27,28,30)/t22-/m1/s1. The highest BCUT2D eigenvalue weighted by Gasteiger charge is 2.34. The van der Waals surface area contributed by atoms with Crippen molar-refractivity contribution in [2.75, 3.05) is 14.2 Å². The van der Waals surface area contributed by atoms with E-state index < -0.39 is 6.04 Å². The second-order valence-corrected chi connectivity index (χ2v) is 8.28. The van der Waals surface area contributed by atoms with E-state index in [1.807, 2.05) is 54.6 Å². The van der Waals surface area contributed by atoms with Crippen molar-refractivity contribution in [1.82, 2.24) is 10.6 Å². The maximum Gasteiger partial charge on any atom is 0.320 e. The minimum absolute atomic E-state index is 0.174. The number of carbonyl (C=O) groups is 2. The van der Waals surface area contributed by atoms with Crippen LogP contribution in [0.4, 0.5) is 4.79 Å². The fourth-order valence-corrected chi connectivity index (χ4v) is 4.59. The molecule has 1 aliphatic rings. The van der Waals surface area contributed by atoms with Gasteiger partial charge in [0.05, 0.1) is 35.1 Å². The normalized spacial score (nSPS) is 15.6. The lowest BCUT2D eigenvalue weighted by atomic mass is 9.87. The first-order valence-electron chi connectivity index (χ1n) is 9.91. The van der Waals surface area contributed by atoms with Crippen LogP contribution in [0.2, 0.25) is 0 Å². The van der Waals surface area contributed by atoms with Gasteiger partial charge < -0.3 is 20.1 Å². The molecule has 0 bridgehead atoms. The van der Waals surface area contributed by atoms with Crippen LogP contribution < -0.4 is 20.1 Å². The lowest BCUT2D eigenvalue weighted by Crippen LogP contribution is -2.45. The Balaban J connectivity index is 1.95. The van der Waals surface area contributed by atoms with E-state index in [1.165, 1.54) is 0 Å². The first-order valence-corrected chi connectivity index (χ1v) is 11.0. The van der Waals surface area contributed by atoms with Crippen LogP contribution in [-0.2, 0) is 0 Å². The summed E-state index contributed by atoms with van der Waals surface area (Å²) in [5.74, 6) is 0.946. The van der Waals surface area contributed by atoms with Gasteiger partial charge >= 0.3 is 6.03 Å². The molecule has 1 atom stereocenters. The maximum atomic E-state index is 13.7. The third-order valence-electron chi connectivity index (χ3n) is 5.20. The topological polar surface area (TPSA) is 76.7 Å². The van der Waals surface area contributed by atoms with Crippen molar-refractivity contribution >= 4 is 40.1 Å². The second-order valence-electron chi connectivity index (χ2n) is 7.12. The molecule has 4 rings (SSSR count). The second kappa shape index (κ2) is 9.44. The maximum absolute atomic E-state index is 13.7. The molecule has 3 aromatic rings. The highest BCUT2D eigenvalue weighted by Crippen LogP contribution is 2.39. The molecule has 0 radical (unpaired) electrons. The van der Waals surface area contributed by atoms with E-state index >= 15 is 0 Å². The Morgan fingerprint density at radius 3 is 2.22 bits per heavy atom. The van der Waals surface area contributed by atoms with Crippen LogP contribution in [0.1, 0.15) is 27.5 Å². The lowest BCUT2D eigenvalue weighted by molar-refractivity contribution is 0.102. The van der Waals surface area contributed by atoms with Crippen molar-refractivity contribution in [2.24, 2.45) is 0 Å². The molecule has 0 saturated heterocycles. The summed E-state index contributed by atoms with van der Waals surface area (Å²) < 4.78 is 11.8. The van der Waals surface area contributed by atoms with E-state index in [0.717, 1.165) is 14.7 Å². The van der Waals surface area contributed by atoms with E-state index in [4.69, 9.17) is 9.47 Å². The number of nitrogens with one attached hydrogen (secondary N) is 2. The lowest BCUT2D eigenvalue weighted by Gasteiger charge is -2.30. The van der Waals surface area contributed by atoms with E-state index in [2.05, 4.69) is 33.2 Å². The van der Waals surface area contributed by atoms with Gasteiger partial charge in [0.25, 0.3) is 0 Å². The van der Waals surface area contributed by atoms with Crippen LogP contribution in [0, 0.1) is 3.57 Å². The number of ketones is 1. The predicted molar refractivity (Wildman–Crippen MR) is 131 cm³/mol. The van der Waals surface area contributed by atoms with Crippen molar-refractivity contribution in [2.45, 2.75) is 6.04 Å². The number of amides is 2. The molecule has 162 valence electrons. The molecule has 0 saturated carbocycles. The molecule has 0 aromatic heterocycles. The largest absolute Gasteiger partial charge is 0.493 e. The summed E-state index contributed by atoms with van der Waals surface area (Å²) in [5.41, 5.74) is 2.94. The molecule has 7 heteroatoms. The van der Waals surface area contributed by atoms with Crippen LogP contribution in [-0.4, -0.2) is 26.0 Å². The molecule has 0 unspecified atom stereocenters. The number of Topliss-reactive ketones (excluding diaryl/α,β-unsaturated/α-hetero) is 1. The average molecular weight is 540 g/mol. The molecule has 1 heterocycles. The van der Waals surface area contributed by atoms with Gasteiger partial charge in [0.15, 0.2) is 17.3 Å². The minimum Gasteiger partial charge on any atom is -0.493 e. The number of ether oxygens (including phenoxy) is 2. The Kier molecular flexibility index (Phi) is 6.45. The molecule has 1 aliphatic heterocycles. The predicted octanol–water partition coefficient (Wildman–Crippen LogP) is 4.96. The highest BCUT2D eigenvalue weighted by atomic mass is 127. The monoisotopic (exact) mass is 540 g/mol. The molecule has 32 heavy (non-hydrogen) atoms. The van der Waals surface area contributed by atoms with Gasteiger partial charge in [-0.15, -0.1) is 0 Å². The van der Waals surface area contributed by atoms with Crippen molar-refractivity contribution in [3.8, 4) is 11.5 Å². The van der Waals surface area contributed by atoms with E-state index in [1.54, 1.807) is 32.4 Å². The van der Waals surface area contributed by atoms with Gasteiger partial charge in [-0.2, -0.15) is 0 Å². The van der Waals surface area contributed by atoms with Crippen molar-refractivity contribution < 1.29 is 19.1 Å². The summed E-state index contributed by atoms with van der Waals surface area (Å²) in [6.07, 6.45) is 0. The summed E-state index contributed by atoms with van der Waals surface area (Å²) >= 11 is 2.15. The Bertz CT molecular complexity index is 1190. The van der Waals surface area contributed by atoms with Crippen LogP contribution >= 0.6 is 22.6 Å². The molecular weight excluding hydrogens is 519 g/mol. The Morgan fingerprint density at radius 2 is 1.59 bits per heavy atom. The zero-order chi connectivity index (χ0) is 22.7. The number of carbonyl (C=O) groups excluding carboxylic acids is 2. The molecule has 6 nitrogen and oxygen atoms in total. The van der Waals surface area contributed by atoms with E-state index in [9.17, 15) is 9.59 Å². The Morgan fingerprint density at radius 1 is 0.938 bits per heavy atom. The number of halogens is 1. The average Bonchev–Trinajstić information content (AvgIpc) is 2.83. The summed E-state index contributed by atoms with van der Waals surface area (Å²) in [6, 6.07) is 21.0. The quantitative estimate of drug-likeness (QED) is 0.343. The van der Waals surface area contributed by atoms with Crippen molar-refractivity contribution in [1.29, 1.82) is 0 Å². The molecule has 0 fully saturated rings. The molecule has 2 N–H and O–H groups in total. The molecule has 0 spiro atoms. The fraction of sp³-hybridized carbons (Fsp3) is 0.120. The molecular formula is C25H21IN2O4. The van der Waals surface area contributed by atoms with Gasteiger partial charge in [-0.25, -0.2) is 4.79 Å². The van der Waals surface area contributed by atoms with Gasteiger partial charge in [0.1, 0.15) is 0 Å². The fourth-order valence-electron chi connectivity index (χ4n) is 3.74. The first kappa shape index (κ1) is 21.9. The van der Waals surface area contributed by atoms with Crippen LogP contribution in [0.25, 0.3) is 5.70 Å². The summed E-state index contributed by atoms with van der Waals surface area (Å²) in [4.78, 5) is 26.4. The number of benzene rings is 3. The third-order valence-corrected chi connectivity index (χ3v) is 6.01. The SMILES string of the molecule is COc1cc([C@H]2NC(=O)NC(c3ccccc3)=C2C(=O)c2ccccc2)cc(I)c1OC. The Labute approximate surface area is 199 Å². The summed E-state index contributed by atoms with van der Waals surface area (Å²) in [7, 11) is 3.13. The highest BCUT2D eigenvalue weighted by molar-refractivity contribution is 14.1. The number of hydrogen-bond donors (Lipinski definition) is 2. The summed E-state index contributed by atoms with van der Waals surface area (Å²) in [6.45, 7) is 0. The molecule has 0 aliphatic carbocycles. The first-order chi connectivity index (χ1) is 15.5. The Hall–Kier alpha value is -3.33. The zero-order valence-electron chi connectivity index (χ0n) is 17.5. The summed E-state index contributed by atoms with van der Waals surface area (Å²) in [5, 5.41) is 5.77. The van der Waals surface area contributed by atoms with Crippen LogP contribution in [0.3, 0.4) is 0 Å². The van der Waals surface area contributed by atoms with Crippen molar-refractivity contribution in [3.63, 3.8) is 0 Å². The smallest absolute Gasteiger partial charge is 0.320 e. The van der Waals surface area contributed by atoms with Gasteiger partial charge in [0, 0.05) is 5.56 Å². The number of hydrogen-bond acceptors (Lipinski definition) is 4. The van der Waals surface area contributed by atoms with Crippen molar-refractivity contribution in [3.05, 3.63) is 98.6 Å². The van der Waals surface area contributed by atoms with E-state index in [0.29, 0.717) is 28.3 Å².